The Hall–Kier alpha value is -2.62. The van der Waals surface area contributed by atoms with Crippen molar-refractivity contribution in [2.45, 2.75) is 65.3 Å². The van der Waals surface area contributed by atoms with Crippen LogP contribution in [0.2, 0.25) is 0 Å². The number of aryl methyl sites for hydroxylation is 1. The van der Waals surface area contributed by atoms with Gasteiger partial charge in [0.1, 0.15) is 0 Å². The Labute approximate surface area is 174 Å². The minimum absolute atomic E-state index is 0.0554. The van der Waals surface area contributed by atoms with E-state index in [1.54, 1.807) is 0 Å². The highest BCUT2D eigenvalue weighted by Crippen LogP contribution is 2.24. The van der Waals surface area contributed by atoms with Crippen molar-refractivity contribution in [2.24, 2.45) is 0 Å². The van der Waals surface area contributed by atoms with Crippen LogP contribution >= 0.6 is 0 Å². The molecule has 0 saturated carbocycles. The summed E-state index contributed by atoms with van der Waals surface area (Å²) in [7, 11) is 0. The summed E-state index contributed by atoms with van der Waals surface area (Å²) in [5.41, 5.74) is 4.18. The maximum atomic E-state index is 12.9. The average molecular weight is 393 g/mol. The molecule has 4 nitrogen and oxygen atoms in total. The first-order chi connectivity index (χ1) is 13.7. The first-order valence-corrected chi connectivity index (χ1v) is 10.5. The molecule has 1 N–H and O–H groups in total. The molecule has 0 radical (unpaired) electrons. The average Bonchev–Trinajstić information content (AvgIpc) is 2.68. The topological polar surface area (TPSA) is 49.4 Å². The number of rotatable bonds is 3. The van der Waals surface area contributed by atoms with Gasteiger partial charge in [-0.3, -0.25) is 9.59 Å². The van der Waals surface area contributed by atoms with Gasteiger partial charge in [-0.1, -0.05) is 32.9 Å². The first kappa shape index (κ1) is 21.1. The number of likely N-dealkylation sites (tertiary alicyclic amines) is 1. The third-order valence-electron chi connectivity index (χ3n) is 5.80. The summed E-state index contributed by atoms with van der Waals surface area (Å²) < 4.78 is 0. The second kappa shape index (κ2) is 8.40. The Kier molecular flexibility index (Phi) is 6.11. The molecule has 1 fully saturated rings. The summed E-state index contributed by atoms with van der Waals surface area (Å²) in [5, 5.41) is 2.98. The number of nitrogens with one attached hydrogen (secondary N) is 1. The quantitative estimate of drug-likeness (QED) is 0.743. The van der Waals surface area contributed by atoms with Crippen molar-refractivity contribution < 1.29 is 9.59 Å². The summed E-state index contributed by atoms with van der Waals surface area (Å²) in [6.45, 7) is 11.3. The molecule has 1 atom stereocenters. The third kappa shape index (κ3) is 4.87. The Balaban J connectivity index is 1.72. The van der Waals surface area contributed by atoms with Crippen molar-refractivity contribution in [3.63, 3.8) is 0 Å². The third-order valence-corrected chi connectivity index (χ3v) is 5.80. The monoisotopic (exact) mass is 392 g/mol. The number of carbonyl (C=O) groups is 2. The number of nitrogens with zero attached hydrogens (tertiary/aromatic N) is 1. The van der Waals surface area contributed by atoms with Gasteiger partial charge in [-0.15, -0.1) is 0 Å². The zero-order valence-corrected chi connectivity index (χ0v) is 18.2. The molecule has 0 aromatic heterocycles. The van der Waals surface area contributed by atoms with Crippen LogP contribution in [-0.4, -0.2) is 29.3 Å². The van der Waals surface area contributed by atoms with Gasteiger partial charge in [0, 0.05) is 29.4 Å². The molecule has 2 aromatic rings. The van der Waals surface area contributed by atoms with E-state index < -0.39 is 0 Å². The second-order valence-corrected chi connectivity index (χ2v) is 9.15. The summed E-state index contributed by atoms with van der Waals surface area (Å²) in [6, 6.07) is 13.5. The van der Waals surface area contributed by atoms with Crippen LogP contribution in [0.5, 0.6) is 0 Å². The molecule has 0 spiro atoms. The maximum absolute atomic E-state index is 12.9. The molecule has 0 aliphatic carbocycles. The van der Waals surface area contributed by atoms with Gasteiger partial charge in [0.25, 0.3) is 11.8 Å². The molecule has 1 aliphatic rings. The van der Waals surface area contributed by atoms with E-state index in [2.05, 4.69) is 33.0 Å². The number of carbonyl (C=O) groups excluding carboxylic acids is 2. The van der Waals surface area contributed by atoms with Crippen LogP contribution in [0.1, 0.15) is 78.8 Å². The van der Waals surface area contributed by atoms with Crippen LogP contribution in [0.4, 0.5) is 5.69 Å². The molecule has 0 bridgehead atoms. The van der Waals surface area contributed by atoms with Crippen molar-refractivity contribution in [3.8, 4) is 0 Å². The normalized spacial score (nSPS) is 17.1. The van der Waals surface area contributed by atoms with Gasteiger partial charge < -0.3 is 10.2 Å². The lowest BCUT2D eigenvalue weighted by Gasteiger charge is -2.33. The molecule has 1 unspecified atom stereocenters. The van der Waals surface area contributed by atoms with Crippen LogP contribution in [0, 0.1) is 6.92 Å². The number of benzene rings is 2. The number of hydrogen-bond acceptors (Lipinski definition) is 2. The van der Waals surface area contributed by atoms with E-state index in [1.165, 1.54) is 12.0 Å². The largest absolute Gasteiger partial charge is 0.336 e. The van der Waals surface area contributed by atoms with E-state index >= 15 is 0 Å². The lowest BCUT2D eigenvalue weighted by molar-refractivity contribution is 0.0635. The fourth-order valence-electron chi connectivity index (χ4n) is 3.82. The lowest BCUT2D eigenvalue weighted by atomic mass is 9.86. The van der Waals surface area contributed by atoms with Gasteiger partial charge in [0.2, 0.25) is 0 Å². The zero-order chi connectivity index (χ0) is 21.2. The molecule has 2 aromatic carbocycles. The van der Waals surface area contributed by atoms with Crippen LogP contribution in [0.15, 0.2) is 42.5 Å². The highest BCUT2D eigenvalue weighted by Gasteiger charge is 2.24. The predicted octanol–water partition coefficient (Wildman–Crippen LogP) is 5.56. The van der Waals surface area contributed by atoms with Gasteiger partial charge in [0.05, 0.1) is 0 Å². The van der Waals surface area contributed by atoms with Crippen LogP contribution in [0.25, 0.3) is 0 Å². The van der Waals surface area contributed by atoms with Gasteiger partial charge in [-0.25, -0.2) is 0 Å². The van der Waals surface area contributed by atoms with E-state index in [4.69, 9.17) is 0 Å². The van der Waals surface area contributed by atoms with Crippen molar-refractivity contribution in [1.82, 2.24) is 4.90 Å². The van der Waals surface area contributed by atoms with Crippen LogP contribution in [0.3, 0.4) is 0 Å². The number of piperidine rings is 1. The Bertz CT molecular complexity index is 894. The van der Waals surface area contributed by atoms with Gasteiger partial charge in [-0.2, -0.15) is 0 Å². The molecule has 4 heteroatoms. The fraction of sp³-hybridized carbons (Fsp3) is 0.440. The zero-order valence-electron chi connectivity index (χ0n) is 18.2. The molecule has 29 heavy (non-hydrogen) atoms. The van der Waals surface area contributed by atoms with Gasteiger partial charge >= 0.3 is 0 Å². The van der Waals surface area contributed by atoms with E-state index in [-0.39, 0.29) is 23.3 Å². The summed E-state index contributed by atoms with van der Waals surface area (Å²) in [6.07, 6.45) is 3.32. The van der Waals surface area contributed by atoms with E-state index in [0.29, 0.717) is 11.1 Å². The maximum Gasteiger partial charge on any atom is 0.255 e. The van der Waals surface area contributed by atoms with Gasteiger partial charge in [-0.05, 0) is 80.0 Å². The van der Waals surface area contributed by atoms with E-state index in [1.807, 2.05) is 54.3 Å². The molecular weight excluding hydrogens is 360 g/mol. The molecule has 3 rings (SSSR count). The van der Waals surface area contributed by atoms with Gasteiger partial charge in [0.15, 0.2) is 0 Å². The number of anilines is 1. The minimum atomic E-state index is -0.141. The Morgan fingerprint density at radius 3 is 2.24 bits per heavy atom. The molecule has 1 saturated heterocycles. The minimum Gasteiger partial charge on any atom is -0.336 e. The lowest BCUT2D eigenvalue weighted by Crippen LogP contribution is -2.42. The SMILES string of the molecule is Cc1cc(C(=O)N2CCCCC2C)ccc1NC(=O)c1ccc(C(C)(C)C)cc1. The van der Waals surface area contributed by atoms with Crippen LogP contribution in [-0.2, 0) is 5.41 Å². The van der Waals surface area contributed by atoms with E-state index in [9.17, 15) is 9.59 Å². The van der Waals surface area contributed by atoms with E-state index in [0.717, 1.165) is 30.6 Å². The molecular formula is C25H32N2O2. The summed E-state index contributed by atoms with van der Waals surface area (Å²) in [5.74, 6) is -0.0618. The van der Waals surface area contributed by atoms with Crippen molar-refractivity contribution in [1.29, 1.82) is 0 Å². The first-order valence-electron chi connectivity index (χ1n) is 10.5. The highest BCUT2D eigenvalue weighted by atomic mass is 16.2. The summed E-state index contributed by atoms with van der Waals surface area (Å²) in [4.78, 5) is 27.5. The predicted molar refractivity (Wildman–Crippen MR) is 119 cm³/mol. The summed E-state index contributed by atoms with van der Waals surface area (Å²) >= 11 is 0. The Morgan fingerprint density at radius 2 is 1.66 bits per heavy atom. The molecule has 1 heterocycles. The van der Waals surface area contributed by atoms with Crippen molar-refractivity contribution in [2.75, 3.05) is 11.9 Å². The molecule has 2 amide bonds. The fourth-order valence-corrected chi connectivity index (χ4v) is 3.82. The molecule has 1 aliphatic heterocycles. The number of hydrogen-bond donors (Lipinski definition) is 1. The highest BCUT2D eigenvalue weighted by molar-refractivity contribution is 6.05. The van der Waals surface area contributed by atoms with Crippen molar-refractivity contribution in [3.05, 3.63) is 64.7 Å². The standard InChI is InChI=1S/C25H32N2O2/c1-17-16-20(24(29)27-15-7-6-8-18(27)2)11-14-22(17)26-23(28)19-9-12-21(13-10-19)25(3,4)5/h9-14,16,18H,6-8,15H2,1-5H3,(H,26,28). The second-order valence-electron chi connectivity index (χ2n) is 9.15. The van der Waals surface area contributed by atoms with Crippen LogP contribution < -0.4 is 5.32 Å². The smallest absolute Gasteiger partial charge is 0.255 e. The Morgan fingerprint density at radius 1 is 1.00 bits per heavy atom. The van der Waals surface area contributed by atoms with Crippen molar-refractivity contribution >= 4 is 17.5 Å². The number of amides is 2. The molecule has 154 valence electrons.